The molecule has 2 aromatic heterocycles. The van der Waals surface area contributed by atoms with Crippen LogP contribution in [0.2, 0.25) is 10.0 Å². The maximum atomic E-state index is 11.4. The predicted octanol–water partition coefficient (Wildman–Crippen LogP) is 4.93. The van der Waals surface area contributed by atoms with Gasteiger partial charge in [0.1, 0.15) is 0 Å². The Morgan fingerprint density at radius 2 is 1.65 bits per heavy atom. The van der Waals surface area contributed by atoms with Crippen LogP contribution in [0.3, 0.4) is 0 Å². The van der Waals surface area contributed by atoms with Gasteiger partial charge < -0.3 is 0 Å². The third kappa shape index (κ3) is 3.19. The van der Waals surface area contributed by atoms with Crippen LogP contribution in [-0.4, -0.2) is 19.8 Å². The topological polar surface area (TPSA) is 112 Å². The van der Waals surface area contributed by atoms with E-state index in [4.69, 9.17) is 23.2 Å². The van der Waals surface area contributed by atoms with Crippen molar-refractivity contribution in [3.8, 4) is 22.4 Å². The lowest BCUT2D eigenvalue weighted by Crippen LogP contribution is -1.98. The molecular formula is C16H8Cl2N4O4. The van der Waals surface area contributed by atoms with Gasteiger partial charge in [0.25, 0.3) is 11.4 Å². The summed E-state index contributed by atoms with van der Waals surface area (Å²) in [5, 5.41) is 22.6. The lowest BCUT2D eigenvalue weighted by atomic mass is 10.0. The molecule has 0 aliphatic rings. The van der Waals surface area contributed by atoms with E-state index in [1.165, 1.54) is 12.3 Å². The van der Waals surface area contributed by atoms with Crippen LogP contribution in [0.4, 0.5) is 11.4 Å². The van der Waals surface area contributed by atoms with Gasteiger partial charge in [-0.25, -0.2) is 0 Å². The molecule has 10 heteroatoms. The van der Waals surface area contributed by atoms with Gasteiger partial charge in [0.15, 0.2) is 0 Å². The van der Waals surface area contributed by atoms with E-state index < -0.39 is 21.2 Å². The van der Waals surface area contributed by atoms with Crippen molar-refractivity contribution in [1.29, 1.82) is 0 Å². The molecule has 0 fully saturated rings. The molecule has 0 radical (unpaired) electrons. The van der Waals surface area contributed by atoms with Crippen molar-refractivity contribution in [1.82, 2.24) is 9.97 Å². The highest BCUT2D eigenvalue weighted by atomic mass is 35.5. The molecule has 8 nitrogen and oxygen atoms in total. The summed E-state index contributed by atoms with van der Waals surface area (Å²) in [7, 11) is 0. The van der Waals surface area contributed by atoms with E-state index in [1.54, 1.807) is 24.5 Å². The molecule has 3 aromatic rings. The van der Waals surface area contributed by atoms with Gasteiger partial charge in [0, 0.05) is 30.2 Å². The van der Waals surface area contributed by atoms with Crippen LogP contribution >= 0.6 is 23.2 Å². The molecular weight excluding hydrogens is 383 g/mol. The van der Waals surface area contributed by atoms with E-state index in [2.05, 4.69) is 9.97 Å². The molecule has 0 atom stereocenters. The standard InChI is InChI=1S/C16H8Cl2N4O4/c17-12-8-20-16(15(18)14(12)9-3-5-19-6-4-9)11-2-1-10(21(23)24)7-13(11)22(25)26/h1-8H. The van der Waals surface area contributed by atoms with Gasteiger partial charge in [-0.1, -0.05) is 23.2 Å². The summed E-state index contributed by atoms with van der Waals surface area (Å²) < 4.78 is 0. The highest BCUT2D eigenvalue weighted by molar-refractivity contribution is 6.40. The zero-order chi connectivity index (χ0) is 18.8. The molecule has 0 N–H and O–H groups in total. The molecule has 130 valence electrons. The van der Waals surface area contributed by atoms with Crippen molar-refractivity contribution < 1.29 is 9.85 Å². The third-order valence-electron chi connectivity index (χ3n) is 3.59. The molecule has 3 rings (SSSR count). The monoisotopic (exact) mass is 390 g/mol. The van der Waals surface area contributed by atoms with Gasteiger partial charge >= 0.3 is 0 Å². The molecule has 26 heavy (non-hydrogen) atoms. The first-order valence-corrected chi connectivity index (χ1v) is 7.83. The normalized spacial score (nSPS) is 10.5. The van der Waals surface area contributed by atoms with Crippen molar-refractivity contribution in [3.05, 3.63) is 79.2 Å². The SMILES string of the molecule is O=[N+]([O-])c1ccc(-c2ncc(Cl)c(-c3ccncc3)c2Cl)c([N+](=O)[O-])c1. The Labute approximate surface area is 156 Å². The zero-order valence-corrected chi connectivity index (χ0v) is 14.3. The average Bonchev–Trinajstić information content (AvgIpc) is 2.62. The number of nitro benzene ring substituents is 2. The quantitative estimate of drug-likeness (QED) is 0.460. The maximum Gasteiger partial charge on any atom is 0.285 e. The first-order chi connectivity index (χ1) is 12.4. The second-order valence-electron chi connectivity index (χ2n) is 5.10. The Kier molecular flexibility index (Phi) is 4.79. The Bertz CT molecular complexity index is 1030. The van der Waals surface area contributed by atoms with Crippen molar-refractivity contribution >= 4 is 34.6 Å². The minimum Gasteiger partial charge on any atom is -0.265 e. The lowest BCUT2D eigenvalue weighted by molar-refractivity contribution is -0.393. The van der Waals surface area contributed by atoms with Crippen LogP contribution in [0.5, 0.6) is 0 Å². The number of nitrogens with zero attached hydrogens (tertiary/aromatic N) is 4. The van der Waals surface area contributed by atoms with Gasteiger partial charge in [0.2, 0.25) is 0 Å². The molecule has 2 heterocycles. The van der Waals surface area contributed by atoms with E-state index in [9.17, 15) is 20.2 Å². The number of aromatic nitrogens is 2. The van der Waals surface area contributed by atoms with E-state index in [-0.39, 0.29) is 21.3 Å². The third-order valence-corrected chi connectivity index (χ3v) is 4.24. The highest BCUT2D eigenvalue weighted by Gasteiger charge is 2.25. The number of pyridine rings is 2. The molecule has 1 aromatic carbocycles. The van der Waals surface area contributed by atoms with Crippen molar-refractivity contribution in [2.75, 3.05) is 0 Å². The Hall–Kier alpha value is -3.10. The van der Waals surface area contributed by atoms with Crippen LogP contribution in [0, 0.1) is 20.2 Å². The predicted molar refractivity (Wildman–Crippen MR) is 96.2 cm³/mol. The second-order valence-corrected chi connectivity index (χ2v) is 5.88. The zero-order valence-electron chi connectivity index (χ0n) is 12.8. The number of non-ortho nitro benzene ring substituents is 1. The van der Waals surface area contributed by atoms with Gasteiger partial charge in [-0.3, -0.25) is 30.2 Å². The summed E-state index contributed by atoms with van der Waals surface area (Å²) in [6.45, 7) is 0. The van der Waals surface area contributed by atoms with Crippen molar-refractivity contribution in [2.45, 2.75) is 0 Å². The largest absolute Gasteiger partial charge is 0.285 e. The number of halogens is 2. The first-order valence-electron chi connectivity index (χ1n) is 7.07. The van der Waals surface area contributed by atoms with Crippen LogP contribution in [0.1, 0.15) is 0 Å². The summed E-state index contributed by atoms with van der Waals surface area (Å²) in [6.07, 6.45) is 4.43. The number of rotatable bonds is 4. The lowest BCUT2D eigenvalue weighted by Gasteiger charge is -2.11. The smallest absolute Gasteiger partial charge is 0.265 e. The Morgan fingerprint density at radius 3 is 2.27 bits per heavy atom. The minimum absolute atomic E-state index is 0.0533. The summed E-state index contributed by atoms with van der Waals surface area (Å²) in [6, 6.07) is 6.63. The molecule has 0 saturated carbocycles. The summed E-state index contributed by atoms with van der Waals surface area (Å²) in [4.78, 5) is 28.9. The molecule has 0 amide bonds. The fourth-order valence-corrected chi connectivity index (χ4v) is 3.08. The van der Waals surface area contributed by atoms with Gasteiger partial charge in [-0.15, -0.1) is 0 Å². The Balaban J connectivity index is 2.26. The van der Waals surface area contributed by atoms with Crippen molar-refractivity contribution in [3.63, 3.8) is 0 Å². The van der Waals surface area contributed by atoms with Crippen LogP contribution < -0.4 is 0 Å². The van der Waals surface area contributed by atoms with Crippen LogP contribution in [-0.2, 0) is 0 Å². The van der Waals surface area contributed by atoms with E-state index >= 15 is 0 Å². The number of hydrogen-bond donors (Lipinski definition) is 0. The fourth-order valence-electron chi connectivity index (χ4n) is 2.42. The summed E-state index contributed by atoms with van der Waals surface area (Å²) in [5.41, 5.74) is 0.371. The fraction of sp³-hybridized carbons (Fsp3) is 0. The van der Waals surface area contributed by atoms with Gasteiger partial charge in [0.05, 0.1) is 37.2 Å². The summed E-state index contributed by atoms with van der Waals surface area (Å²) >= 11 is 12.6. The first kappa shape index (κ1) is 17.7. The molecule has 0 bridgehead atoms. The number of hydrogen-bond acceptors (Lipinski definition) is 6. The molecule has 0 unspecified atom stereocenters. The van der Waals surface area contributed by atoms with E-state index in [0.717, 1.165) is 12.1 Å². The molecule has 0 aliphatic heterocycles. The Morgan fingerprint density at radius 1 is 0.962 bits per heavy atom. The maximum absolute atomic E-state index is 11.4. The minimum atomic E-state index is -0.721. The molecule has 0 saturated heterocycles. The average molecular weight is 391 g/mol. The number of nitro groups is 2. The van der Waals surface area contributed by atoms with Crippen LogP contribution in [0.15, 0.2) is 48.9 Å². The second kappa shape index (κ2) is 7.03. The summed E-state index contributed by atoms with van der Waals surface area (Å²) in [5.74, 6) is 0. The number of benzene rings is 1. The molecule has 0 aliphatic carbocycles. The van der Waals surface area contributed by atoms with Crippen molar-refractivity contribution in [2.24, 2.45) is 0 Å². The van der Waals surface area contributed by atoms with Gasteiger partial charge in [-0.2, -0.15) is 0 Å². The van der Waals surface area contributed by atoms with Crippen LogP contribution in [0.25, 0.3) is 22.4 Å². The van der Waals surface area contributed by atoms with Gasteiger partial charge in [-0.05, 0) is 23.8 Å². The van der Waals surface area contributed by atoms with E-state index in [0.29, 0.717) is 11.1 Å². The highest BCUT2D eigenvalue weighted by Crippen LogP contribution is 2.42. The van der Waals surface area contributed by atoms with E-state index in [1.807, 2.05) is 0 Å². The molecule has 0 spiro atoms.